The fourth-order valence-corrected chi connectivity index (χ4v) is 2.63. The molecule has 0 saturated heterocycles. The van der Waals surface area contributed by atoms with Gasteiger partial charge in [0.2, 0.25) is 0 Å². The summed E-state index contributed by atoms with van der Waals surface area (Å²) < 4.78 is 5.35. The molecule has 94 valence electrons. The van der Waals surface area contributed by atoms with Gasteiger partial charge in [-0.1, -0.05) is 33.6 Å². The zero-order valence-electron chi connectivity index (χ0n) is 9.94. The molecule has 1 atom stereocenters. The highest BCUT2D eigenvalue weighted by Gasteiger charge is 2.14. The van der Waals surface area contributed by atoms with Gasteiger partial charge in [-0.15, -0.1) is 0 Å². The maximum atomic E-state index is 6.03. The third-order valence-corrected chi connectivity index (χ3v) is 3.70. The number of methoxy groups -OCH3 is 1. The molecule has 1 unspecified atom stereocenters. The van der Waals surface area contributed by atoms with Gasteiger partial charge < -0.3 is 4.74 Å². The van der Waals surface area contributed by atoms with Crippen molar-refractivity contribution in [3.8, 4) is 5.75 Å². The fraction of sp³-hybridized carbons (Fsp3) is 0.214. The van der Waals surface area contributed by atoms with E-state index in [-0.39, 0.29) is 4.83 Å². The molecule has 0 spiro atoms. The fourth-order valence-electron chi connectivity index (χ4n) is 1.76. The summed E-state index contributed by atoms with van der Waals surface area (Å²) in [5.74, 6) is 0.831. The predicted molar refractivity (Wildman–Crippen MR) is 77.6 cm³/mol. The summed E-state index contributed by atoms with van der Waals surface area (Å²) in [4.78, 5) is 4.44. The number of aromatic nitrogens is 1. The Bertz CT molecular complexity index is 518. The maximum Gasteiger partial charge on any atom is 0.123 e. The van der Waals surface area contributed by atoms with E-state index in [1.165, 1.54) is 0 Å². The van der Waals surface area contributed by atoms with E-state index in [4.69, 9.17) is 16.3 Å². The van der Waals surface area contributed by atoms with Crippen LogP contribution in [0.15, 0.2) is 42.6 Å². The Hall–Kier alpha value is -1.06. The van der Waals surface area contributed by atoms with Crippen LogP contribution in [0.3, 0.4) is 0 Å². The molecule has 0 saturated carbocycles. The third-order valence-electron chi connectivity index (χ3n) is 2.64. The second kappa shape index (κ2) is 6.21. The summed E-state index contributed by atoms with van der Waals surface area (Å²) in [7, 11) is 1.66. The Kier molecular flexibility index (Phi) is 4.61. The number of benzene rings is 1. The molecule has 0 N–H and O–H groups in total. The molecular formula is C14H13BrClNO. The molecule has 0 amide bonds. The monoisotopic (exact) mass is 325 g/mol. The second-order valence-corrected chi connectivity index (χ2v) is 5.42. The van der Waals surface area contributed by atoms with Crippen molar-refractivity contribution in [3.05, 3.63) is 58.9 Å². The summed E-state index contributed by atoms with van der Waals surface area (Å²) in [6, 6.07) is 11.5. The summed E-state index contributed by atoms with van der Waals surface area (Å²) >= 11 is 9.70. The lowest BCUT2D eigenvalue weighted by molar-refractivity contribution is 0.409. The van der Waals surface area contributed by atoms with Crippen LogP contribution in [0.4, 0.5) is 0 Å². The van der Waals surface area contributed by atoms with Gasteiger partial charge in [0.15, 0.2) is 0 Å². The molecule has 0 fully saturated rings. The highest BCUT2D eigenvalue weighted by atomic mass is 79.9. The van der Waals surface area contributed by atoms with Crippen LogP contribution in [-0.4, -0.2) is 12.1 Å². The molecule has 2 rings (SSSR count). The summed E-state index contributed by atoms with van der Waals surface area (Å²) in [5, 5.41) is 0.705. The Balaban J connectivity index is 2.23. The Labute approximate surface area is 120 Å². The lowest BCUT2D eigenvalue weighted by Crippen LogP contribution is -2.00. The van der Waals surface area contributed by atoms with Gasteiger partial charge in [-0.25, -0.2) is 0 Å². The van der Waals surface area contributed by atoms with Crippen molar-refractivity contribution in [2.24, 2.45) is 0 Å². The van der Waals surface area contributed by atoms with E-state index in [9.17, 15) is 0 Å². The molecule has 1 aromatic heterocycles. The molecule has 0 radical (unpaired) electrons. The number of nitrogens with zero attached hydrogens (tertiary/aromatic N) is 1. The van der Waals surface area contributed by atoms with E-state index in [1.54, 1.807) is 13.3 Å². The van der Waals surface area contributed by atoms with Crippen LogP contribution >= 0.6 is 27.5 Å². The van der Waals surface area contributed by atoms with E-state index < -0.39 is 0 Å². The first-order valence-corrected chi connectivity index (χ1v) is 6.87. The minimum atomic E-state index is 0.126. The van der Waals surface area contributed by atoms with Gasteiger partial charge in [0.25, 0.3) is 0 Å². The highest BCUT2D eigenvalue weighted by molar-refractivity contribution is 9.09. The van der Waals surface area contributed by atoms with Crippen molar-refractivity contribution in [2.45, 2.75) is 11.2 Å². The standard InChI is InChI=1S/C14H13BrClNO/c1-18-14-6-5-10(16)8-12(14)13(15)9-11-4-2-3-7-17-11/h2-8,13H,9H2,1H3. The third kappa shape index (κ3) is 3.24. The van der Waals surface area contributed by atoms with E-state index in [2.05, 4.69) is 20.9 Å². The topological polar surface area (TPSA) is 22.1 Å². The van der Waals surface area contributed by atoms with Crippen molar-refractivity contribution in [1.82, 2.24) is 4.98 Å². The number of hydrogen-bond acceptors (Lipinski definition) is 2. The molecule has 18 heavy (non-hydrogen) atoms. The minimum absolute atomic E-state index is 0.126. The van der Waals surface area contributed by atoms with Gasteiger partial charge in [-0.2, -0.15) is 0 Å². The first-order chi connectivity index (χ1) is 8.70. The minimum Gasteiger partial charge on any atom is -0.496 e. The lowest BCUT2D eigenvalue weighted by atomic mass is 10.1. The highest BCUT2D eigenvalue weighted by Crippen LogP contribution is 2.35. The number of ether oxygens (including phenoxy) is 1. The molecular weight excluding hydrogens is 314 g/mol. The number of rotatable bonds is 4. The number of halogens is 2. The first kappa shape index (κ1) is 13.4. The van der Waals surface area contributed by atoms with E-state index in [0.29, 0.717) is 5.02 Å². The molecule has 0 aliphatic rings. The quantitative estimate of drug-likeness (QED) is 0.776. The molecule has 0 aliphatic heterocycles. The second-order valence-electron chi connectivity index (χ2n) is 3.88. The van der Waals surface area contributed by atoms with Crippen LogP contribution in [-0.2, 0) is 6.42 Å². The molecule has 1 aromatic carbocycles. The van der Waals surface area contributed by atoms with E-state index in [1.807, 2.05) is 36.4 Å². The first-order valence-electron chi connectivity index (χ1n) is 5.58. The number of alkyl halides is 1. The Morgan fingerprint density at radius 1 is 1.33 bits per heavy atom. The molecule has 2 nitrogen and oxygen atoms in total. The van der Waals surface area contributed by atoms with Crippen LogP contribution in [0.25, 0.3) is 0 Å². The normalized spacial score (nSPS) is 12.2. The zero-order valence-corrected chi connectivity index (χ0v) is 12.3. The van der Waals surface area contributed by atoms with Gasteiger partial charge in [-0.05, 0) is 30.3 Å². The lowest BCUT2D eigenvalue weighted by Gasteiger charge is -2.14. The molecule has 2 aromatic rings. The van der Waals surface area contributed by atoms with Crippen LogP contribution < -0.4 is 4.74 Å². The Morgan fingerprint density at radius 2 is 2.17 bits per heavy atom. The number of hydrogen-bond donors (Lipinski definition) is 0. The zero-order chi connectivity index (χ0) is 13.0. The molecule has 4 heteroatoms. The molecule has 0 aliphatic carbocycles. The van der Waals surface area contributed by atoms with Crippen LogP contribution in [0.1, 0.15) is 16.1 Å². The predicted octanol–water partition coefficient (Wildman–Crippen LogP) is 4.42. The summed E-state index contributed by atoms with van der Waals surface area (Å²) in [6.45, 7) is 0. The average Bonchev–Trinajstić information content (AvgIpc) is 2.40. The smallest absolute Gasteiger partial charge is 0.123 e. The SMILES string of the molecule is COc1ccc(Cl)cc1C(Br)Cc1ccccn1. The summed E-state index contributed by atoms with van der Waals surface area (Å²) in [6.07, 6.45) is 2.59. The van der Waals surface area contributed by atoms with Crippen molar-refractivity contribution in [2.75, 3.05) is 7.11 Å². The average molecular weight is 327 g/mol. The van der Waals surface area contributed by atoms with Crippen molar-refractivity contribution in [3.63, 3.8) is 0 Å². The van der Waals surface area contributed by atoms with Gasteiger partial charge >= 0.3 is 0 Å². The van der Waals surface area contributed by atoms with Gasteiger partial charge in [-0.3, -0.25) is 4.98 Å². The van der Waals surface area contributed by atoms with Crippen molar-refractivity contribution >= 4 is 27.5 Å². The maximum absolute atomic E-state index is 6.03. The molecule has 1 heterocycles. The van der Waals surface area contributed by atoms with Crippen LogP contribution in [0.5, 0.6) is 5.75 Å². The number of pyridine rings is 1. The van der Waals surface area contributed by atoms with Gasteiger partial charge in [0.05, 0.1) is 7.11 Å². The van der Waals surface area contributed by atoms with Gasteiger partial charge in [0.1, 0.15) is 5.75 Å². The van der Waals surface area contributed by atoms with Crippen molar-refractivity contribution < 1.29 is 4.74 Å². The summed E-state index contributed by atoms with van der Waals surface area (Å²) in [5.41, 5.74) is 2.07. The molecule has 0 bridgehead atoms. The van der Waals surface area contributed by atoms with Crippen LogP contribution in [0.2, 0.25) is 5.02 Å². The van der Waals surface area contributed by atoms with E-state index >= 15 is 0 Å². The van der Waals surface area contributed by atoms with Crippen molar-refractivity contribution in [1.29, 1.82) is 0 Å². The van der Waals surface area contributed by atoms with Crippen LogP contribution in [0, 0.1) is 0 Å². The largest absolute Gasteiger partial charge is 0.496 e. The van der Waals surface area contributed by atoms with E-state index in [0.717, 1.165) is 23.4 Å². The van der Waals surface area contributed by atoms with Gasteiger partial charge in [0, 0.05) is 33.7 Å². The Morgan fingerprint density at radius 3 is 2.83 bits per heavy atom.